The normalized spacial score (nSPS) is 13.5. The van der Waals surface area contributed by atoms with E-state index in [-0.39, 0.29) is 0 Å². The molecule has 0 amide bonds. The van der Waals surface area contributed by atoms with Crippen LogP contribution in [0.15, 0.2) is 28.8 Å². The summed E-state index contributed by atoms with van der Waals surface area (Å²) >= 11 is 0. The van der Waals surface area contributed by atoms with Gasteiger partial charge < -0.3 is 19.3 Å². The van der Waals surface area contributed by atoms with Gasteiger partial charge in [0.15, 0.2) is 17.3 Å². The first-order chi connectivity index (χ1) is 9.33. The van der Waals surface area contributed by atoms with Crippen molar-refractivity contribution in [1.82, 2.24) is 10.5 Å². The summed E-state index contributed by atoms with van der Waals surface area (Å²) < 4.78 is 16.4. The number of fused-ring (bicyclic) bond motifs is 1. The van der Waals surface area contributed by atoms with Crippen LogP contribution in [0.4, 0.5) is 0 Å². The molecule has 3 rings (SSSR count). The summed E-state index contributed by atoms with van der Waals surface area (Å²) in [6, 6.07) is 7.86. The molecule has 1 aliphatic heterocycles. The lowest BCUT2D eigenvalue weighted by Crippen LogP contribution is -2.19. The van der Waals surface area contributed by atoms with Crippen molar-refractivity contribution in [3.05, 3.63) is 41.3 Å². The molecule has 1 N–H and O–H groups in total. The minimum absolute atomic E-state index is 0.602. The predicted molar refractivity (Wildman–Crippen MR) is 69.2 cm³/mol. The summed E-state index contributed by atoms with van der Waals surface area (Å²) in [5.41, 5.74) is 1.99. The Kier molecular flexibility index (Phi) is 3.37. The van der Waals surface area contributed by atoms with Crippen molar-refractivity contribution in [3.8, 4) is 11.5 Å². The monoisotopic (exact) mass is 260 g/mol. The minimum atomic E-state index is 0.602. The molecule has 2 heterocycles. The third-order valence-electron chi connectivity index (χ3n) is 2.94. The highest BCUT2D eigenvalue weighted by atomic mass is 16.6. The summed E-state index contributed by atoms with van der Waals surface area (Å²) in [6.45, 7) is 4.47. The Hall–Kier alpha value is -2.01. The van der Waals surface area contributed by atoms with Crippen LogP contribution in [0.5, 0.6) is 11.5 Å². The summed E-state index contributed by atoms with van der Waals surface area (Å²) in [7, 11) is 0. The second-order valence-electron chi connectivity index (χ2n) is 4.48. The molecule has 5 nitrogen and oxygen atoms in total. The fraction of sp³-hybridized carbons (Fsp3) is 0.357. The molecule has 0 atom stereocenters. The number of ether oxygens (including phenoxy) is 2. The fourth-order valence-electron chi connectivity index (χ4n) is 2.09. The van der Waals surface area contributed by atoms with Gasteiger partial charge in [-0.1, -0.05) is 17.3 Å². The molecule has 0 bridgehead atoms. The Morgan fingerprint density at radius 3 is 2.95 bits per heavy atom. The van der Waals surface area contributed by atoms with Crippen LogP contribution in [0.25, 0.3) is 0 Å². The number of aromatic nitrogens is 1. The highest BCUT2D eigenvalue weighted by Gasteiger charge is 2.15. The Morgan fingerprint density at radius 2 is 2.11 bits per heavy atom. The molecule has 0 aliphatic carbocycles. The van der Waals surface area contributed by atoms with E-state index < -0.39 is 0 Å². The van der Waals surface area contributed by atoms with E-state index >= 15 is 0 Å². The van der Waals surface area contributed by atoms with Crippen molar-refractivity contribution in [2.75, 3.05) is 13.2 Å². The van der Waals surface area contributed by atoms with Gasteiger partial charge in [0.1, 0.15) is 13.2 Å². The molecule has 19 heavy (non-hydrogen) atoms. The van der Waals surface area contributed by atoms with Crippen molar-refractivity contribution in [3.63, 3.8) is 0 Å². The van der Waals surface area contributed by atoms with Gasteiger partial charge in [-0.3, -0.25) is 0 Å². The number of hydrogen-bond donors (Lipinski definition) is 1. The van der Waals surface area contributed by atoms with Crippen LogP contribution in [0.2, 0.25) is 0 Å². The maximum atomic E-state index is 5.66. The number of rotatable bonds is 4. The summed E-state index contributed by atoms with van der Waals surface area (Å²) in [5.74, 6) is 2.50. The zero-order valence-corrected chi connectivity index (χ0v) is 10.8. The van der Waals surface area contributed by atoms with Gasteiger partial charge in [-0.2, -0.15) is 0 Å². The molecule has 0 fully saturated rings. The molecule has 1 aromatic heterocycles. The van der Waals surface area contributed by atoms with Gasteiger partial charge in [0.2, 0.25) is 0 Å². The highest BCUT2D eigenvalue weighted by molar-refractivity contribution is 5.47. The van der Waals surface area contributed by atoms with E-state index in [4.69, 9.17) is 14.0 Å². The number of hydrogen-bond acceptors (Lipinski definition) is 5. The van der Waals surface area contributed by atoms with Crippen molar-refractivity contribution < 1.29 is 14.0 Å². The first-order valence-corrected chi connectivity index (χ1v) is 6.33. The zero-order chi connectivity index (χ0) is 13.1. The van der Waals surface area contributed by atoms with Crippen LogP contribution < -0.4 is 14.8 Å². The van der Waals surface area contributed by atoms with Crippen LogP contribution in [0.1, 0.15) is 17.0 Å². The number of para-hydroxylation sites is 1. The van der Waals surface area contributed by atoms with Gasteiger partial charge >= 0.3 is 0 Å². The predicted octanol–water partition coefficient (Wildman–Crippen LogP) is 2.04. The molecule has 5 heteroatoms. The van der Waals surface area contributed by atoms with E-state index in [0.29, 0.717) is 26.3 Å². The van der Waals surface area contributed by atoms with Crippen LogP contribution >= 0.6 is 0 Å². The number of nitrogens with one attached hydrogen (secondary N) is 1. The van der Waals surface area contributed by atoms with E-state index in [9.17, 15) is 0 Å². The SMILES string of the molecule is Cc1cc(CNCc2cccc3c2OCCO3)on1. The average molecular weight is 260 g/mol. The second-order valence-corrected chi connectivity index (χ2v) is 4.48. The van der Waals surface area contributed by atoms with Gasteiger partial charge in [-0.25, -0.2) is 0 Å². The Labute approximate surface area is 111 Å². The third-order valence-corrected chi connectivity index (χ3v) is 2.94. The molecule has 0 unspecified atom stereocenters. The largest absolute Gasteiger partial charge is 0.486 e. The van der Waals surface area contributed by atoms with E-state index in [1.165, 1.54) is 0 Å². The molecule has 1 aromatic carbocycles. The van der Waals surface area contributed by atoms with E-state index in [2.05, 4.69) is 10.5 Å². The molecule has 1 aliphatic rings. The van der Waals surface area contributed by atoms with Crippen molar-refractivity contribution in [2.24, 2.45) is 0 Å². The second kappa shape index (κ2) is 5.32. The Balaban J connectivity index is 1.64. The molecule has 100 valence electrons. The minimum Gasteiger partial charge on any atom is -0.486 e. The van der Waals surface area contributed by atoms with E-state index in [1.54, 1.807) is 0 Å². The van der Waals surface area contributed by atoms with Crippen LogP contribution in [0, 0.1) is 6.92 Å². The molecule has 0 radical (unpaired) electrons. The molecule has 0 saturated carbocycles. The Morgan fingerprint density at radius 1 is 1.21 bits per heavy atom. The van der Waals surface area contributed by atoms with Crippen LogP contribution in [0.3, 0.4) is 0 Å². The summed E-state index contributed by atoms with van der Waals surface area (Å²) in [4.78, 5) is 0. The smallest absolute Gasteiger partial charge is 0.165 e. The topological polar surface area (TPSA) is 56.5 Å². The third kappa shape index (κ3) is 2.71. The summed E-state index contributed by atoms with van der Waals surface area (Å²) in [6.07, 6.45) is 0. The van der Waals surface area contributed by atoms with Gasteiger partial charge in [0.25, 0.3) is 0 Å². The Bertz CT molecular complexity index is 566. The zero-order valence-electron chi connectivity index (χ0n) is 10.8. The van der Waals surface area contributed by atoms with E-state index in [1.807, 2.05) is 31.2 Å². The van der Waals surface area contributed by atoms with Crippen molar-refractivity contribution in [1.29, 1.82) is 0 Å². The van der Waals surface area contributed by atoms with Gasteiger partial charge in [-0.15, -0.1) is 0 Å². The first-order valence-electron chi connectivity index (χ1n) is 6.33. The molecule has 0 saturated heterocycles. The maximum absolute atomic E-state index is 5.66. The van der Waals surface area contributed by atoms with Gasteiger partial charge in [-0.05, 0) is 13.0 Å². The molecule has 2 aromatic rings. The van der Waals surface area contributed by atoms with Crippen LogP contribution in [-0.4, -0.2) is 18.4 Å². The maximum Gasteiger partial charge on any atom is 0.165 e. The number of aryl methyl sites for hydroxylation is 1. The number of benzene rings is 1. The van der Waals surface area contributed by atoms with Gasteiger partial charge in [0.05, 0.1) is 12.2 Å². The first kappa shape index (κ1) is 12.0. The summed E-state index contributed by atoms with van der Waals surface area (Å²) in [5, 5.41) is 7.16. The lowest BCUT2D eigenvalue weighted by molar-refractivity contribution is 0.169. The molecular formula is C14H16N2O3. The molecule has 0 spiro atoms. The highest BCUT2D eigenvalue weighted by Crippen LogP contribution is 2.33. The lowest BCUT2D eigenvalue weighted by atomic mass is 10.1. The van der Waals surface area contributed by atoms with Crippen LogP contribution in [-0.2, 0) is 13.1 Å². The lowest BCUT2D eigenvalue weighted by Gasteiger charge is -2.21. The quantitative estimate of drug-likeness (QED) is 0.911. The van der Waals surface area contributed by atoms with Crippen molar-refractivity contribution >= 4 is 0 Å². The van der Waals surface area contributed by atoms with Crippen molar-refractivity contribution in [2.45, 2.75) is 20.0 Å². The van der Waals surface area contributed by atoms with E-state index in [0.717, 1.165) is 28.5 Å². The number of nitrogens with zero attached hydrogens (tertiary/aromatic N) is 1. The van der Waals surface area contributed by atoms with Gasteiger partial charge in [0, 0.05) is 18.2 Å². The fourth-order valence-corrected chi connectivity index (χ4v) is 2.09. The average Bonchev–Trinajstić information content (AvgIpc) is 2.85. The molecular weight excluding hydrogens is 244 g/mol. The standard InChI is InChI=1S/C14H16N2O3/c1-10-7-12(19-16-10)9-15-8-11-3-2-4-13-14(11)18-6-5-17-13/h2-4,7,15H,5-6,8-9H2,1H3.